The topological polar surface area (TPSA) is 70.9 Å². The van der Waals surface area contributed by atoms with Crippen molar-refractivity contribution in [3.05, 3.63) is 28.8 Å². The van der Waals surface area contributed by atoms with Crippen molar-refractivity contribution < 1.29 is 18.1 Å². The molecular formula is C17H25ClN3O3S+. The molecule has 2 heterocycles. The standard InChI is InChI=1S/C17H24ClN3O3S/c1-13-2-3-14(18)10-16(13)21-7-5-20(6-8-21)11-17(22)19-15-4-9-25(23,24)12-15/h2-3,10,15H,4-9,11-12H2,1H3,(H,19,22)/p+1/t15-/m0/s1. The van der Waals surface area contributed by atoms with E-state index in [0.29, 0.717) is 13.0 Å². The Hall–Kier alpha value is -1.31. The number of hydrogen-bond acceptors (Lipinski definition) is 4. The fourth-order valence-corrected chi connectivity index (χ4v) is 5.42. The number of hydrogen-bond donors (Lipinski definition) is 2. The van der Waals surface area contributed by atoms with Gasteiger partial charge in [0.25, 0.3) is 5.91 Å². The summed E-state index contributed by atoms with van der Waals surface area (Å²) in [5, 5.41) is 3.61. The van der Waals surface area contributed by atoms with E-state index in [1.165, 1.54) is 10.5 Å². The van der Waals surface area contributed by atoms with Gasteiger partial charge in [-0.15, -0.1) is 0 Å². The van der Waals surface area contributed by atoms with Crippen LogP contribution < -0.4 is 15.1 Å². The third-order valence-corrected chi connectivity index (χ3v) is 6.99. The minimum atomic E-state index is -2.96. The van der Waals surface area contributed by atoms with Crippen LogP contribution >= 0.6 is 11.6 Å². The van der Waals surface area contributed by atoms with Crippen LogP contribution in [0.2, 0.25) is 5.02 Å². The van der Waals surface area contributed by atoms with E-state index in [9.17, 15) is 13.2 Å². The number of piperazine rings is 1. The van der Waals surface area contributed by atoms with Crippen molar-refractivity contribution in [3.63, 3.8) is 0 Å². The van der Waals surface area contributed by atoms with Crippen molar-refractivity contribution in [1.29, 1.82) is 0 Å². The molecule has 0 spiro atoms. The lowest BCUT2D eigenvalue weighted by molar-refractivity contribution is -0.892. The van der Waals surface area contributed by atoms with Gasteiger partial charge in [0.15, 0.2) is 16.4 Å². The van der Waals surface area contributed by atoms with E-state index in [0.717, 1.165) is 36.9 Å². The van der Waals surface area contributed by atoms with E-state index in [2.05, 4.69) is 17.1 Å². The molecule has 25 heavy (non-hydrogen) atoms. The first-order valence-electron chi connectivity index (χ1n) is 8.67. The van der Waals surface area contributed by atoms with E-state index in [-0.39, 0.29) is 23.5 Å². The molecule has 0 radical (unpaired) electrons. The molecule has 0 aliphatic carbocycles. The third kappa shape index (κ3) is 4.86. The number of sulfone groups is 1. The SMILES string of the molecule is Cc1ccc(Cl)cc1N1CC[NH+](CC(=O)N[C@H]2CCS(=O)(=O)C2)CC1. The maximum absolute atomic E-state index is 12.2. The summed E-state index contributed by atoms with van der Waals surface area (Å²) in [5.74, 6) is 0.211. The largest absolute Gasteiger partial charge is 0.360 e. The molecule has 0 aromatic heterocycles. The number of carbonyl (C=O) groups is 1. The number of nitrogens with zero attached hydrogens (tertiary/aromatic N) is 1. The van der Waals surface area contributed by atoms with Crippen LogP contribution in [0.5, 0.6) is 0 Å². The van der Waals surface area contributed by atoms with Crippen LogP contribution in [-0.4, -0.2) is 64.6 Å². The molecule has 2 fully saturated rings. The van der Waals surface area contributed by atoms with Crippen molar-refractivity contribution in [2.45, 2.75) is 19.4 Å². The van der Waals surface area contributed by atoms with E-state index in [1.807, 2.05) is 18.2 Å². The van der Waals surface area contributed by atoms with Gasteiger partial charge in [-0.3, -0.25) is 4.79 Å². The molecule has 0 bridgehead atoms. The van der Waals surface area contributed by atoms with Gasteiger partial charge in [-0.1, -0.05) is 17.7 Å². The van der Waals surface area contributed by atoms with Crippen LogP contribution in [0, 0.1) is 6.92 Å². The second kappa shape index (κ2) is 7.51. The number of rotatable bonds is 4. The summed E-state index contributed by atoms with van der Waals surface area (Å²) in [6.07, 6.45) is 0.533. The van der Waals surface area contributed by atoms with Crippen molar-refractivity contribution in [3.8, 4) is 0 Å². The van der Waals surface area contributed by atoms with Gasteiger partial charge >= 0.3 is 0 Å². The van der Waals surface area contributed by atoms with Gasteiger partial charge in [0.2, 0.25) is 0 Å². The highest BCUT2D eigenvalue weighted by atomic mass is 35.5. The molecular weight excluding hydrogens is 362 g/mol. The van der Waals surface area contributed by atoms with Crippen LogP contribution in [0.1, 0.15) is 12.0 Å². The molecule has 0 saturated carbocycles. The van der Waals surface area contributed by atoms with Crippen LogP contribution in [0.15, 0.2) is 18.2 Å². The van der Waals surface area contributed by atoms with Gasteiger partial charge in [-0.2, -0.15) is 0 Å². The molecule has 1 aromatic rings. The average Bonchev–Trinajstić information content (AvgIpc) is 2.89. The zero-order valence-electron chi connectivity index (χ0n) is 14.4. The van der Waals surface area contributed by atoms with E-state index in [1.54, 1.807) is 0 Å². The van der Waals surface area contributed by atoms with E-state index in [4.69, 9.17) is 11.6 Å². The highest BCUT2D eigenvalue weighted by molar-refractivity contribution is 7.91. The zero-order valence-corrected chi connectivity index (χ0v) is 16.0. The molecule has 6 nitrogen and oxygen atoms in total. The quantitative estimate of drug-likeness (QED) is 0.742. The lowest BCUT2D eigenvalue weighted by atomic mass is 10.1. The Balaban J connectivity index is 1.48. The number of halogens is 1. The molecule has 1 aromatic carbocycles. The lowest BCUT2D eigenvalue weighted by Gasteiger charge is -2.34. The Morgan fingerprint density at radius 3 is 2.72 bits per heavy atom. The van der Waals surface area contributed by atoms with Gasteiger partial charge in [-0.05, 0) is 31.0 Å². The fourth-order valence-electron chi connectivity index (χ4n) is 3.58. The second-order valence-corrected chi connectivity index (χ2v) is 9.68. The molecule has 2 aliphatic heterocycles. The molecule has 2 aliphatic rings. The molecule has 8 heteroatoms. The number of quaternary nitrogens is 1. The van der Waals surface area contributed by atoms with E-state index < -0.39 is 9.84 Å². The Morgan fingerprint density at radius 2 is 2.08 bits per heavy atom. The van der Waals surface area contributed by atoms with Crippen LogP contribution in [0.25, 0.3) is 0 Å². The minimum Gasteiger partial charge on any atom is -0.360 e. The number of benzene rings is 1. The maximum atomic E-state index is 12.2. The van der Waals surface area contributed by atoms with Crippen molar-refractivity contribution in [2.75, 3.05) is 49.1 Å². The number of anilines is 1. The van der Waals surface area contributed by atoms with E-state index >= 15 is 0 Å². The summed E-state index contributed by atoms with van der Waals surface area (Å²) >= 11 is 6.11. The van der Waals surface area contributed by atoms with Gasteiger partial charge in [0.05, 0.1) is 37.7 Å². The second-order valence-electron chi connectivity index (χ2n) is 7.01. The Morgan fingerprint density at radius 1 is 1.36 bits per heavy atom. The molecule has 3 rings (SSSR count). The van der Waals surface area contributed by atoms with Crippen LogP contribution in [-0.2, 0) is 14.6 Å². The molecule has 0 unspecified atom stereocenters. The third-order valence-electron chi connectivity index (χ3n) is 4.99. The zero-order chi connectivity index (χ0) is 18.0. The first-order chi connectivity index (χ1) is 11.8. The summed E-state index contributed by atoms with van der Waals surface area (Å²) < 4.78 is 22.9. The Labute approximate surface area is 154 Å². The van der Waals surface area contributed by atoms with Crippen molar-refractivity contribution in [2.24, 2.45) is 0 Å². The first-order valence-corrected chi connectivity index (χ1v) is 10.9. The van der Waals surface area contributed by atoms with Gasteiger partial charge in [-0.25, -0.2) is 8.42 Å². The normalized spacial score (nSPS) is 23.6. The fraction of sp³-hybridized carbons (Fsp3) is 0.588. The summed E-state index contributed by atoms with van der Waals surface area (Å²) in [7, 11) is -2.96. The van der Waals surface area contributed by atoms with Gasteiger partial charge < -0.3 is 15.1 Å². The number of carbonyl (C=O) groups excluding carboxylic acids is 1. The highest BCUT2D eigenvalue weighted by Crippen LogP contribution is 2.24. The summed E-state index contributed by atoms with van der Waals surface area (Å²) in [6.45, 7) is 5.99. The molecule has 1 amide bonds. The predicted molar refractivity (Wildman–Crippen MR) is 99.2 cm³/mol. The summed E-state index contributed by atoms with van der Waals surface area (Å²) in [6, 6.07) is 5.71. The predicted octanol–water partition coefficient (Wildman–Crippen LogP) is -0.343. The Kier molecular flexibility index (Phi) is 5.55. The smallest absolute Gasteiger partial charge is 0.275 e. The minimum absolute atomic E-state index is 0.0514. The monoisotopic (exact) mass is 386 g/mol. The summed E-state index contributed by atoms with van der Waals surface area (Å²) in [5.41, 5.74) is 2.36. The number of amides is 1. The van der Waals surface area contributed by atoms with Crippen LogP contribution in [0.4, 0.5) is 5.69 Å². The first kappa shape index (κ1) is 18.5. The van der Waals surface area contributed by atoms with Gasteiger partial charge in [0, 0.05) is 16.8 Å². The Bertz CT molecular complexity index is 746. The van der Waals surface area contributed by atoms with Crippen molar-refractivity contribution in [1.82, 2.24) is 5.32 Å². The number of aryl methyl sites for hydroxylation is 1. The maximum Gasteiger partial charge on any atom is 0.275 e. The number of nitrogens with one attached hydrogen (secondary N) is 2. The average molecular weight is 387 g/mol. The lowest BCUT2D eigenvalue weighted by Crippen LogP contribution is -3.16. The molecule has 2 saturated heterocycles. The van der Waals surface area contributed by atoms with Crippen molar-refractivity contribution >= 4 is 33.0 Å². The molecule has 2 N–H and O–H groups in total. The van der Waals surface area contributed by atoms with Crippen LogP contribution in [0.3, 0.4) is 0 Å². The molecule has 138 valence electrons. The molecule has 1 atom stereocenters. The summed E-state index contributed by atoms with van der Waals surface area (Å²) in [4.78, 5) is 15.7. The van der Waals surface area contributed by atoms with Gasteiger partial charge in [0.1, 0.15) is 0 Å². The highest BCUT2D eigenvalue weighted by Gasteiger charge is 2.30.